The highest BCUT2D eigenvalue weighted by Crippen LogP contribution is 2.15. The number of Topliss-reactive ketones (excluding diaryl/α,β-unsaturated/α-hetero) is 1. The zero-order chi connectivity index (χ0) is 11.5. The van der Waals surface area contributed by atoms with Gasteiger partial charge in [-0.1, -0.05) is 12.1 Å². The zero-order valence-corrected chi connectivity index (χ0v) is 8.87. The summed E-state index contributed by atoms with van der Waals surface area (Å²) in [6.07, 6.45) is 3.15. The van der Waals surface area contributed by atoms with Crippen molar-refractivity contribution in [1.29, 1.82) is 0 Å². The summed E-state index contributed by atoms with van der Waals surface area (Å²) in [5.41, 5.74) is 1.38. The molecule has 0 aliphatic rings. The predicted molar refractivity (Wildman–Crippen MR) is 57.9 cm³/mol. The van der Waals surface area contributed by atoms with Crippen LogP contribution in [0.15, 0.2) is 41.2 Å². The summed E-state index contributed by atoms with van der Waals surface area (Å²) in [5.74, 6) is -0.668. The normalized spacial score (nSPS) is 10.4. The quantitative estimate of drug-likeness (QED) is 0.741. The first-order valence-corrected chi connectivity index (χ1v) is 4.98. The summed E-state index contributed by atoms with van der Waals surface area (Å²) >= 11 is 0. The average Bonchev–Trinajstić information content (AvgIpc) is 2.74. The smallest absolute Gasteiger partial charge is 0.170 e. The molecule has 2 aromatic rings. The van der Waals surface area contributed by atoms with Gasteiger partial charge in [0.15, 0.2) is 5.78 Å². The third-order valence-electron chi connectivity index (χ3n) is 2.44. The molecule has 0 spiro atoms. The number of carbonyl (C=O) groups is 1. The minimum atomic E-state index is -0.434. The van der Waals surface area contributed by atoms with Crippen LogP contribution in [0.4, 0.5) is 4.39 Å². The van der Waals surface area contributed by atoms with Crippen LogP contribution in [0.2, 0.25) is 0 Å². The summed E-state index contributed by atoms with van der Waals surface area (Å²) < 4.78 is 18.5. The summed E-state index contributed by atoms with van der Waals surface area (Å²) in [4.78, 5) is 11.8. The molecule has 0 aliphatic carbocycles. The highest BCUT2D eigenvalue weighted by Gasteiger charge is 2.13. The van der Waals surface area contributed by atoms with E-state index in [1.54, 1.807) is 25.1 Å². The van der Waals surface area contributed by atoms with Gasteiger partial charge >= 0.3 is 0 Å². The molecule has 0 amide bonds. The minimum Gasteiger partial charge on any atom is -0.472 e. The van der Waals surface area contributed by atoms with Gasteiger partial charge in [0, 0.05) is 6.42 Å². The number of furan rings is 1. The van der Waals surface area contributed by atoms with Gasteiger partial charge in [-0.2, -0.15) is 0 Å². The fourth-order valence-electron chi connectivity index (χ4n) is 1.54. The van der Waals surface area contributed by atoms with E-state index < -0.39 is 5.82 Å². The zero-order valence-electron chi connectivity index (χ0n) is 8.87. The molecule has 0 radical (unpaired) electrons. The van der Waals surface area contributed by atoms with E-state index in [9.17, 15) is 9.18 Å². The molecule has 1 aromatic heterocycles. The van der Waals surface area contributed by atoms with Crippen molar-refractivity contribution >= 4 is 5.78 Å². The summed E-state index contributed by atoms with van der Waals surface area (Å²) in [6, 6.07) is 6.53. The van der Waals surface area contributed by atoms with Crippen LogP contribution in [0.1, 0.15) is 21.5 Å². The number of aryl methyl sites for hydroxylation is 1. The van der Waals surface area contributed by atoms with Crippen molar-refractivity contribution in [1.82, 2.24) is 0 Å². The van der Waals surface area contributed by atoms with Gasteiger partial charge in [0.05, 0.1) is 18.1 Å². The first kappa shape index (κ1) is 10.6. The van der Waals surface area contributed by atoms with Crippen LogP contribution in [0, 0.1) is 12.7 Å². The van der Waals surface area contributed by atoms with Crippen LogP contribution in [0.5, 0.6) is 0 Å². The molecule has 1 heterocycles. The SMILES string of the molecule is Cc1cccc(C(=O)Cc2ccoc2)c1F. The largest absolute Gasteiger partial charge is 0.472 e. The number of benzene rings is 1. The van der Waals surface area contributed by atoms with Crippen molar-refractivity contribution in [3.63, 3.8) is 0 Å². The van der Waals surface area contributed by atoms with Crippen LogP contribution in [-0.4, -0.2) is 5.78 Å². The maximum Gasteiger partial charge on any atom is 0.170 e. The Morgan fingerprint density at radius 3 is 2.88 bits per heavy atom. The second-order valence-electron chi connectivity index (χ2n) is 3.67. The lowest BCUT2D eigenvalue weighted by Crippen LogP contribution is -2.06. The molecule has 0 N–H and O–H groups in total. The van der Waals surface area contributed by atoms with E-state index in [2.05, 4.69) is 0 Å². The monoisotopic (exact) mass is 218 g/mol. The van der Waals surface area contributed by atoms with Gasteiger partial charge in [-0.25, -0.2) is 4.39 Å². The van der Waals surface area contributed by atoms with E-state index in [0.717, 1.165) is 5.56 Å². The van der Waals surface area contributed by atoms with Gasteiger partial charge in [0.1, 0.15) is 5.82 Å². The van der Waals surface area contributed by atoms with Crippen LogP contribution in [-0.2, 0) is 6.42 Å². The van der Waals surface area contributed by atoms with E-state index >= 15 is 0 Å². The Bertz CT molecular complexity index is 501. The van der Waals surface area contributed by atoms with Crippen molar-refractivity contribution < 1.29 is 13.6 Å². The van der Waals surface area contributed by atoms with Crippen LogP contribution in [0.25, 0.3) is 0 Å². The van der Waals surface area contributed by atoms with Crippen molar-refractivity contribution in [2.45, 2.75) is 13.3 Å². The van der Waals surface area contributed by atoms with Crippen LogP contribution in [0.3, 0.4) is 0 Å². The van der Waals surface area contributed by atoms with Crippen LogP contribution < -0.4 is 0 Å². The summed E-state index contributed by atoms with van der Waals surface area (Å²) in [5, 5.41) is 0. The molecule has 2 nitrogen and oxygen atoms in total. The minimum absolute atomic E-state index is 0.140. The molecular formula is C13H11FO2. The Hall–Kier alpha value is -1.90. The molecular weight excluding hydrogens is 207 g/mol. The highest BCUT2D eigenvalue weighted by atomic mass is 19.1. The summed E-state index contributed by atoms with van der Waals surface area (Å²) in [7, 11) is 0. The maximum absolute atomic E-state index is 13.6. The molecule has 0 unspecified atom stereocenters. The summed E-state index contributed by atoms with van der Waals surface area (Å²) in [6.45, 7) is 1.64. The topological polar surface area (TPSA) is 30.2 Å². The van der Waals surface area contributed by atoms with Gasteiger partial charge < -0.3 is 4.42 Å². The fraction of sp³-hybridized carbons (Fsp3) is 0.154. The number of rotatable bonds is 3. The van der Waals surface area contributed by atoms with Crippen molar-refractivity contribution in [2.24, 2.45) is 0 Å². The standard InChI is InChI=1S/C13H11FO2/c1-9-3-2-4-11(13(9)14)12(15)7-10-5-6-16-8-10/h2-6,8H,7H2,1H3. The van der Waals surface area contributed by atoms with E-state index in [4.69, 9.17) is 4.42 Å². The maximum atomic E-state index is 13.6. The molecule has 2 rings (SSSR count). The Balaban J connectivity index is 2.24. The lowest BCUT2D eigenvalue weighted by molar-refractivity contribution is 0.0988. The molecule has 82 valence electrons. The Labute approximate surface area is 92.7 Å². The molecule has 0 bridgehead atoms. The molecule has 0 saturated carbocycles. The van der Waals surface area contributed by atoms with Crippen molar-refractivity contribution in [3.8, 4) is 0 Å². The molecule has 16 heavy (non-hydrogen) atoms. The number of hydrogen-bond acceptors (Lipinski definition) is 2. The Morgan fingerprint density at radius 2 is 2.19 bits per heavy atom. The van der Waals surface area contributed by atoms with Gasteiger partial charge in [-0.05, 0) is 30.2 Å². The van der Waals surface area contributed by atoms with Gasteiger partial charge in [0.25, 0.3) is 0 Å². The van der Waals surface area contributed by atoms with E-state index in [-0.39, 0.29) is 17.8 Å². The van der Waals surface area contributed by atoms with Crippen molar-refractivity contribution in [2.75, 3.05) is 0 Å². The van der Waals surface area contributed by atoms with Gasteiger partial charge in [0.2, 0.25) is 0 Å². The third kappa shape index (κ3) is 2.03. The number of halogens is 1. The molecule has 1 aromatic carbocycles. The third-order valence-corrected chi connectivity index (χ3v) is 2.44. The molecule has 0 aliphatic heterocycles. The van der Waals surface area contributed by atoms with Gasteiger partial charge in [-0.3, -0.25) is 4.79 Å². The highest BCUT2D eigenvalue weighted by molar-refractivity contribution is 5.97. The van der Waals surface area contributed by atoms with Gasteiger partial charge in [-0.15, -0.1) is 0 Å². The van der Waals surface area contributed by atoms with Crippen LogP contribution >= 0.6 is 0 Å². The van der Waals surface area contributed by atoms with E-state index in [1.807, 2.05) is 0 Å². The second kappa shape index (κ2) is 4.31. The number of hydrogen-bond donors (Lipinski definition) is 0. The molecule has 0 fully saturated rings. The molecule has 0 atom stereocenters. The average molecular weight is 218 g/mol. The fourth-order valence-corrected chi connectivity index (χ4v) is 1.54. The number of ketones is 1. The van der Waals surface area contributed by atoms with E-state index in [1.165, 1.54) is 18.6 Å². The van der Waals surface area contributed by atoms with E-state index in [0.29, 0.717) is 5.56 Å². The Morgan fingerprint density at radius 1 is 1.38 bits per heavy atom. The Kier molecular flexibility index (Phi) is 2.86. The molecule has 3 heteroatoms. The lowest BCUT2D eigenvalue weighted by atomic mass is 10.0. The number of carbonyl (C=O) groups excluding carboxylic acids is 1. The molecule has 0 saturated heterocycles. The van der Waals surface area contributed by atoms with Crippen molar-refractivity contribution in [3.05, 3.63) is 59.3 Å². The first-order valence-electron chi connectivity index (χ1n) is 4.98. The predicted octanol–water partition coefficient (Wildman–Crippen LogP) is 3.15. The lowest BCUT2D eigenvalue weighted by Gasteiger charge is -2.03. The second-order valence-corrected chi connectivity index (χ2v) is 3.67. The first-order chi connectivity index (χ1) is 7.68.